The molecule has 12 heteroatoms. The highest BCUT2D eigenvalue weighted by atomic mass is 35.5. The van der Waals surface area contributed by atoms with E-state index >= 15 is 0 Å². The van der Waals surface area contributed by atoms with Gasteiger partial charge in [-0.2, -0.15) is 4.68 Å². The Morgan fingerprint density at radius 2 is 2.03 bits per heavy atom. The van der Waals surface area contributed by atoms with Gasteiger partial charge in [-0.05, 0) is 59.0 Å². The summed E-state index contributed by atoms with van der Waals surface area (Å²) < 4.78 is 1.48. The Labute approximate surface area is 209 Å². The van der Waals surface area contributed by atoms with E-state index in [1.807, 2.05) is 5.38 Å². The van der Waals surface area contributed by atoms with Gasteiger partial charge in [-0.1, -0.05) is 11.6 Å². The van der Waals surface area contributed by atoms with Crippen LogP contribution in [0.25, 0.3) is 11.8 Å². The van der Waals surface area contributed by atoms with E-state index in [1.165, 1.54) is 40.6 Å². The number of nitrogens with one attached hydrogen (secondary N) is 2. The standard InChI is InChI=1S/C23H20ClN7O3S/c24-17-4-7-21(31-13-27-29-30-31)16(9-17)3-8-22(32)28-19(10-20-12-35-14-26-20)11-25-18-5-1-15(2-6-18)23(33)34/h1-9,12-14,19,25H,10-11H2,(H,28,32)(H,33,34)/b8-3+. The predicted octanol–water partition coefficient (Wildman–Crippen LogP) is 3.32. The number of hydrogen-bond donors (Lipinski definition) is 3. The Morgan fingerprint density at radius 3 is 2.71 bits per heavy atom. The van der Waals surface area contributed by atoms with E-state index in [4.69, 9.17) is 16.7 Å². The van der Waals surface area contributed by atoms with Crippen molar-refractivity contribution in [1.82, 2.24) is 30.5 Å². The molecule has 2 heterocycles. The quantitative estimate of drug-likeness (QED) is 0.277. The van der Waals surface area contributed by atoms with Crippen LogP contribution in [0.2, 0.25) is 5.02 Å². The van der Waals surface area contributed by atoms with Crippen molar-refractivity contribution >= 4 is 46.6 Å². The van der Waals surface area contributed by atoms with E-state index < -0.39 is 5.97 Å². The minimum Gasteiger partial charge on any atom is -0.478 e. The number of nitrogens with zero attached hydrogens (tertiary/aromatic N) is 5. The van der Waals surface area contributed by atoms with Crippen LogP contribution >= 0.6 is 22.9 Å². The summed E-state index contributed by atoms with van der Waals surface area (Å²) in [5.74, 6) is -1.28. The molecule has 178 valence electrons. The monoisotopic (exact) mass is 509 g/mol. The summed E-state index contributed by atoms with van der Waals surface area (Å²) in [6.45, 7) is 0.413. The Kier molecular flexibility index (Phi) is 7.81. The molecule has 3 N–H and O–H groups in total. The van der Waals surface area contributed by atoms with Gasteiger partial charge in [0, 0.05) is 40.7 Å². The van der Waals surface area contributed by atoms with Crippen LogP contribution < -0.4 is 10.6 Å². The highest BCUT2D eigenvalue weighted by Crippen LogP contribution is 2.20. The Balaban J connectivity index is 1.45. The first-order valence-electron chi connectivity index (χ1n) is 10.4. The number of hydrogen-bond acceptors (Lipinski definition) is 8. The van der Waals surface area contributed by atoms with Gasteiger partial charge in [-0.3, -0.25) is 4.79 Å². The molecule has 2 aromatic carbocycles. The molecule has 0 aliphatic carbocycles. The van der Waals surface area contributed by atoms with E-state index in [1.54, 1.807) is 41.9 Å². The van der Waals surface area contributed by atoms with E-state index in [0.29, 0.717) is 29.2 Å². The largest absolute Gasteiger partial charge is 0.478 e. The molecule has 0 aliphatic heterocycles. The van der Waals surface area contributed by atoms with Crippen LogP contribution in [-0.2, 0) is 11.2 Å². The summed E-state index contributed by atoms with van der Waals surface area (Å²) in [7, 11) is 0. The molecule has 1 atom stereocenters. The normalized spacial score (nSPS) is 11.9. The number of thiazole rings is 1. The van der Waals surface area contributed by atoms with Crippen molar-refractivity contribution in [3.63, 3.8) is 0 Å². The van der Waals surface area contributed by atoms with Crippen LogP contribution in [0.5, 0.6) is 0 Å². The number of carboxylic acids is 1. The van der Waals surface area contributed by atoms with Gasteiger partial charge in [0.15, 0.2) is 0 Å². The Morgan fingerprint density at radius 1 is 1.20 bits per heavy atom. The molecular weight excluding hydrogens is 490 g/mol. The van der Waals surface area contributed by atoms with Gasteiger partial charge in [0.05, 0.1) is 28.5 Å². The summed E-state index contributed by atoms with van der Waals surface area (Å²) in [5.41, 5.74) is 4.90. The number of carbonyl (C=O) groups is 2. The number of rotatable bonds is 10. The number of amides is 1. The second-order valence-electron chi connectivity index (χ2n) is 7.44. The lowest BCUT2D eigenvalue weighted by molar-refractivity contribution is -0.117. The Bertz CT molecular complexity index is 1310. The van der Waals surface area contributed by atoms with Gasteiger partial charge < -0.3 is 15.7 Å². The summed E-state index contributed by atoms with van der Waals surface area (Å²) in [6, 6.07) is 11.3. The first-order valence-corrected chi connectivity index (χ1v) is 11.8. The fourth-order valence-electron chi connectivity index (χ4n) is 3.29. The molecular formula is C23H20ClN7O3S. The maximum Gasteiger partial charge on any atom is 0.335 e. The van der Waals surface area contributed by atoms with Crippen LogP contribution in [-0.4, -0.2) is 54.8 Å². The smallest absolute Gasteiger partial charge is 0.335 e. The minimum atomic E-state index is -0.986. The van der Waals surface area contributed by atoms with Crippen LogP contribution in [0.15, 0.2) is 65.8 Å². The molecule has 35 heavy (non-hydrogen) atoms. The van der Waals surface area contributed by atoms with Gasteiger partial charge in [0.2, 0.25) is 5.91 Å². The number of halogens is 1. The second kappa shape index (κ2) is 11.4. The number of aromatic nitrogens is 5. The fourth-order valence-corrected chi connectivity index (χ4v) is 4.04. The average Bonchev–Trinajstić information content (AvgIpc) is 3.56. The molecule has 10 nitrogen and oxygen atoms in total. The average molecular weight is 510 g/mol. The van der Waals surface area contributed by atoms with Crippen LogP contribution in [0.3, 0.4) is 0 Å². The third kappa shape index (κ3) is 6.71. The lowest BCUT2D eigenvalue weighted by atomic mass is 10.1. The number of anilines is 1. The van der Waals surface area contributed by atoms with Crippen LogP contribution in [0.4, 0.5) is 5.69 Å². The number of benzene rings is 2. The molecule has 0 spiro atoms. The summed E-state index contributed by atoms with van der Waals surface area (Å²) in [5, 5.41) is 28.9. The molecule has 0 fully saturated rings. The number of aromatic carboxylic acids is 1. The molecule has 0 bridgehead atoms. The zero-order valence-corrected chi connectivity index (χ0v) is 19.8. The Hall–Kier alpha value is -4.09. The van der Waals surface area contributed by atoms with Gasteiger partial charge in [0.25, 0.3) is 0 Å². The van der Waals surface area contributed by atoms with Crippen molar-refractivity contribution in [3.8, 4) is 5.69 Å². The zero-order chi connectivity index (χ0) is 24.6. The lowest BCUT2D eigenvalue weighted by Gasteiger charge is -2.18. The van der Waals surface area contributed by atoms with Gasteiger partial charge in [-0.25, -0.2) is 9.78 Å². The zero-order valence-electron chi connectivity index (χ0n) is 18.2. The summed E-state index contributed by atoms with van der Waals surface area (Å²) >= 11 is 7.63. The van der Waals surface area contributed by atoms with Crippen molar-refractivity contribution in [1.29, 1.82) is 0 Å². The van der Waals surface area contributed by atoms with Gasteiger partial charge in [-0.15, -0.1) is 16.4 Å². The maximum atomic E-state index is 12.8. The SMILES string of the molecule is O=C(/C=C/c1cc(Cl)ccc1-n1cnnn1)NC(CNc1ccc(C(=O)O)cc1)Cc1cscn1. The molecule has 4 aromatic rings. The first kappa shape index (κ1) is 24.0. The van der Waals surface area contributed by atoms with Crippen molar-refractivity contribution in [2.45, 2.75) is 12.5 Å². The van der Waals surface area contributed by atoms with Crippen molar-refractivity contribution < 1.29 is 14.7 Å². The molecule has 0 saturated heterocycles. The number of carboxylic acid groups (broad SMARTS) is 1. The van der Waals surface area contributed by atoms with Crippen molar-refractivity contribution in [2.75, 3.05) is 11.9 Å². The predicted molar refractivity (Wildman–Crippen MR) is 133 cm³/mol. The lowest BCUT2D eigenvalue weighted by Crippen LogP contribution is -2.40. The first-order chi connectivity index (χ1) is 17.0. The maximum absolute atomic E-state index is 12.8. The summed E-state index contributed by atoms with van der Waals surface area (Å²) in [4.78, 5) is 28.1. The minimum absolute atomic E-state index is 0.204. The van der Waals surface area contributed by atoms with E-state index in [9.17, 15) is 9.59 Å². The van der Waals surface area contributed by atoms with Crippen LogP contribution in [0, 0.1) is 0 Å². The highest BCUT2D eigenvalue weighted by molar-refractivity contribution is 7.07. The second-order valence-corrected chi connectivity index (χ2v) is 8.60. The highest BCUT2D eigenvalue weighted by Gasteiger charge is 2.14. The number of carbonyl (C=O) groups excluding carboxylic acids is 1. The van der Waals surface area contributed by atoms with E-state index in [0.717, 1.165) is 11.4 Å². The molecule has 4 rings (SSSR count). The molecule has 2 aromatic heterocycles. The van der Waals surface area contributed by atoms with Crippen molar-refractivity contribution in [3.05, 3.63) is 87.6 Å². The third-order valence-electron chi connectivity index (χ3n) is 4.97. The molecule has 0 saturated carbocycles. The third-order valence-corrected chi connectivity index (χ3v) is 5.84. The van der Waals surface area contributed by atoms with Crippen molar-refractivity contribution in [2.24, 2.45) is 0 Å². The van der Waals surface area contributed by atoms with Crippen LogP contribution in [0.1, 0.15) is 21.6 Å². The van der Waals surface area contributed by atoms with E-state index in [-0.39, 0.29) is 17.5 Å². The van der Waals surface area contributed by atoms with Gasteiger partial charge in [0.1, 0.15) is 6.33 Å². The van der Waals surface area contributed by atoms with Gasteiger partial charge >= 0.3 is 5.97 Å². The topological polar surface area (TPSA) is 135 Å². The molecule has 1 unspecified atom stereocenters. The molecule has 0 aliphatic rings. The molecule has 0 radical (unpaired) electrons. The summed E-state index contributed by atoms with van der Waals surface area (Å²) in [6.07, 6.45) is 5.06. The number of tetrazole rings is 1. The van der Waals surface area contributed by atoms with E-state index in [2.05, 4.69) is 31.1 Å². The molecule has 1 amide bonds. The fraction of sp³-hybridized carbons (Fsp3) is 0.130.